The van der Waals surface area contributed by atoms with Crippen molar-refractivity contribution in [3.05, 3.63) is 63.9 Å². The van der Waals surface area contributed by atoms with Crippen LogP contribution in [0.2, 0.25) is 0 Å². The highest BCUT2D eigenvalue weighted by molar-refractivity contribution is 5.99. The fourth-order valence-electron chi connectivity index (χ4n) is 7.24. The Morgan fingerprint density at radius 1 is 1.00 bits per heavy atom. The van der Waals surface area contributed by atoms with E-state index in [0.29, 0.717) is 61.1 Å². The smallest absolute Gasteiger partial charge is 0.254 e. The van der Waals surface area contributed by atoms with Gasteiger partial charge >= 0.3 is 0 Å². The fourth-order valence-corrected chi connectivity index (χ4v) is 7.24. The number of halogens is 2. The SMILES string of the molecule is Cc1ccc(C(=O)CCCC[N+](C)(CCCNC(=O)c2ccc(O)c(O)c2F)CCN(C)CC2=C(C(=O)[O-])N3C(=O)[C@H]([C@@H](C)O)[C@H]3[C@H]2C)c(F)c1O. The Hall–Kier alpha value is -4.60. The van der Waals surface area contributed by atoms with Gasteiger partial charge in [-0.3, -0.25) is 19.3 Å². The van der Waals surface area contributed by atoms with Gasteiger partial charge in [0.05, 0.1) is 67.5 Å². The summed E-state index contributed by atoms with van der Waals surface area (Å²) >= 11 is 0. The van der Waals surface area contributed by atoms with E-state index in [2.05, 4.69) is 5.32 Å². The van der Waals surface area contributed by atoms with Gasteiger partial charge in [-0.2, -0.15) is 0 Å². The number of hydrogen-bond acceptors (Lipinski definition) is 10. The third-order valence-corrected chi connectivity index (χ3v) is 10.4. The quantitative estimate of drug-likeness (QED) is 0.0497. The number of β-lactam (4-membered cyclic amide) rings is 1. The number of aliphatic hydroxyl groups excluding tert-OH is 1. The Labute approximate surface area is 301 Å². The van der Waals surface area contributed by atoms with Crippen LogP contribution in [0.25, 0.3) is 0 Å². The van der Waals surface area contributed by atoms with Crippen LogP contribution < -0.4 is 10.4 Å². The largest absolute Gasteiger partial charge is 0.543 e. The summed E-state index contributed by atoms with van der Waals surface area (Å²) in [4.78, 5) is 53.4. The zero-order valence-electron chi connectivity index (χ0n) is 30.1. The molecule has 284 valence electrons. The number of likely N-dealkylation sites (N-methyl/N-ethyl adjacent to an activating group) is 2. The minimum absolute atomic E-state index is 0.0578. The average Bonchev–Trinajstić information content (AvgIpc) is 3.32. The van der Waals surface area contributed by atoms with Gasteiger partial charge in [-0.25, -0.2) is 8.78 Å². The van der Waals surface area contributed by atoms with Crippen LogP contribution in [0.5, 0.6) is 17.2 Å². The number of unbranched alkanes of at least 4 members (excludes halogenated alkanes) is 1. The number of benzene rings is 2. The Balaban J connectivity index is 1.40. The minimum atomic E-state index is -1.45. The number of carbonyl (C=O) groups is 4. The number of carboxylic acid groups (broad SMARTS) is 1. The van der Waals surface area contributed by atoms with Crippen LogP contribution in [0.1, 0.15) is 65.8 Å². The maximum absolute atomic E-state index is 14.5. The first-order valence-corrected chi connectivity index (χ1v) is 17.4. The standard InChI is InChI=1S/C37H48F2N4O9/c1-20-10-11-23(29(38)33(20)47)26(45)9-6-7-16-43(5,17-8-14-40-35(49)24-12-13-27(46)34(48)30(24)39)18-15-41(4)19-25-21(2)31-28(22(3)44)36(50)42(31)32(25)37(51)52/h10-13,21-22,28,31,44H,6-9,14-19H2,1-5H3,(H4-,40,46,47,48,49,51,52)/t21-,22+,28+,31+,43?/m0/s1. The molecule has 1 fully saturated rings. The van der Waals surface area contributed by atoms with Gasteiger partial charge in [0.15, 0.2) is 34.7 Å². The number of aromatic hydroxyl groups is 3. The number of phenols is 3. The molecule has 4 rings (SSSR count). The number of aliphatic carboxylic acids is 1. The Kier molecular flexibility index (Phi) is 12.7. The van der Waals surface area contributed by atoms with E-state index in [9.17, 15) is 53.5 Å². The maximum Gasteiger partial charge on any atom is 0.254 e. The van der Waals surface area contributed by atoms with Crippen molar-refractivity contribution in [2.45, 2.75) is 58.6 Å². The molecule has 2 aromatic rings. The summed E-state index contributed by atoms with van der Waals surface area (Å²) in [6, 6.07) is 4.47. The highest BCUT2D eigenvalue weighted by Crippen LogP contribution is 2.47. The number of rotatable bonds is 18. The summed E-state index contributed by atoms with van der Waals surface area (Å²) in [5.74, 6) is -8.52. The van der Waals surface area contributed by atoms with Crippen molar-refractivity contribution < 1.29 is 58.0 Å². The summed E-state index contributed by atoms with van der Waals surface area (Å²) in [5.41, 5.74) is 0.122. The first kappa shape index (κ1) is 40.2. The molecular formula is C37H48F2N4O9. The molecule has 0 aromatic heterocycles. The molecule has 15 heteroatoms. The number of nitrogens with zero attached hydrogens (tertiary/aromatic N) is 3. The summed E-state index contributed by atoms with van der Waals surface area (Å²) < 4.78 is 29.3. The van der Waals surface area contributed by atoms with Gasteiger partial charge in [0.25, 0.3) is 5.91 Å². The summed E-state index contributed by atoms with van der Waals surface area (Å²) in [5, 5.41) is 54.0. The van der Waals surface area contributed by atoms with Crippen LogP contribution in [0.15, 0.2) is 35.5 Å². The zero-order valence-corrected chi connectivity index (χ0v) is 30.1. The summed E-state index contributed by atoms with van der Waals surface area (Å²) in [6.45, 7) is 7.45. The lowest BCUT2D eigenvalue weighted by molar-refractivity contribution is -0.909. The molecule has 0 saturated carbocycles. The van der Waals surface area contributed by atoms with Crippen molar-refractivity contribution in [1.82, 2.24) is 15.1 Å². The second-order valence-corrected chi connectivity index (χ2v) is 14.3. The number of Topliss-reactive ketones (excluding diaryl/α,β-unsaturated/α-hetero) is 1. The van der Waals surface area contributed by atoms with Gasteiger partial charge in [-0.05, 0) is 63.1 Å². The zero-order chi connectivity index (χ0) is 38.7. The first-order chi connectivity index (χ1) is 24.4. The van der Waals surface area contributed by atoms with Gasteiger partial charge in [-0.1, -0.05) is 13.0 Å². The number of carbonyl (C=O) groups excluding carboxylic acids is 4. The summed E-state index contributed by atoms with van der Waals surface area (Å²) in [7, 11) is 3.82. The number of amides is 2. The molecule has 0 bridgehead atoms. The predicted molar refractivity (Wildman–Crippen MR) is 183 cm³/mol. The Bertz CT molecular complexity index is 1670. The average molecular weight is 731 g/mol. The lowest BCUT2D eigenvalue weighted by Crippen LogP contribution is -2.64. The third kappa shape index (κ3) is 8.37. The van der Waals surface area contributed by atoms with Crippen LogP contribution in [0, 0.1) is 30.4 Å². The normalized spacial score (nSPS) is 20.1. The van der Waals surface area contributed by atoms with Crippen molar-refractivity contribution in [1.29, 1.82) is 0 Å². The number of aryl methyl sites for hydroxylation is 1. The number of aliphatic hydroxyl groups is 1. The Morgan fingerprint density at radius 3 is 2.29 bits per heavy atom. The van der Waals surface area contributed by atoms with Crippen molar-refractivity contribution in [2.75, 3.05) is 53.4 Å². The second-order valence-electron chi connectivity index (χ2n) is 14.3. The number of quaternary nitrogens is 1. The van der Waals surface area contributed by atoms with Crippen LogP contribution in [-0.2, 0) is 9.59 Å². The molecule has 0 spiro atoms. The highest BCUT2D eigenvalue weighted by Gasteiger charge is 2.58. The van der Waals surface area contributed by atoms with Gasteiger partial charge in [0.2, 0.25) is 5.91 Å². The molecule has 2 amide bonds. The van der Waals surface area contributed by atoms with Crippen molar-refractivity contribution in [3.8, 4) is 17.2 Å². The molecule has 13 nitrogen and oxygen atoms in total. The van der Waals surface area contributed by atoms with Crippen LogP contribution in [0.3, 0.4) is 0 Å². The molecule has 2 aliphatic heterocycles. The molecule has 0 radical (unpaired) electrons. The molecule has 0 aliphatic carbocycles. The molecule has 2 aromatic carbocycles. The van der Waals surface area contributed by atoms with Gasteiger partial charge < -0.3 is 45.0 Å². The van der Waals surface area contributed by atoms with Crippen LogP contribution >= 0.6 is 0 Å². The van der Waals surface area contributed by atoms with Crippen molar-refractivity contribution in [2.24, 2.45) is 11.8 Å². The number of hydrogen-bond donors (Lipinski definition) is 5. The monoisotopic (exact) mass is 730 g/mol. The molecule has 5 atom stereocenters. The lowest BCUT2D eigenvalue weighted by atomic mass is 9.77. The van der Waals surface area contributed by atoms with Gasteiger partial charge in [-0.15, -0.1) is 0 Å². The number of ketones is 1. The molecule has 5 N–H and O–H groups in total. The molecular weight excluding hydrogens is 682 g/mol. The molecule has 2 aliphatic rings. The number of fused-ring (bicyclic) bond motifs is 1. The van der Waals surface area contributed by atoms with Crippen LogP contribution in [0.4, 0.5) is 8.78 Å². The number of carboxylic acids is 1. The fraction of sp³-hybridized carbons (Fsp3) is 0.514. The van der Waals surface area contributed by atoms with E-state index < -0.39 is 76.1 Å². The van der Waals surface area contributed by atoms with Gasteiger partial charge in [0.1, 0.15) is 0 Å². The molecule has 1 saturated heterocycles. The molecule has 52 heavy (non-hydrogen) atoms. The van der Waals surface area contributed by atoms with E-state index in [0.717, 1.165) is 12.1 Å². The predicted octanol–water partition coefficient (Wildman–Crippen LogP) is 1.80. The molecule has 1 unspecified atom stereocenters. The van der Waals surface area contributed by atoms with E-state index >= 15 is 0 Å². The lowest BCUT2D eigenvalue weighted by Gasteiger charge is -2.47. The third-order valence-electron chi connectivity index (χ3n) is 10.4. The summed E-state index contributed by atoms with van der Waals surface area (Å²) in [6.07, 6.45) is 0.603. The topological polar surface area (TPSA) is 191 Å². The van der Waals surface area contributed by atoms with Crippen molar-refractivity contribution in [3.63, 3.8) is 0 Å². The van der Waals surface area contributed by atoms with Crippen molar-refractivity contribution >= 4 is 23.6 Å². The maximum atomic E-state index is 14.5. The Morgan fingerprint density at radius 2 is 1.63 bits per heavy atom. The second kappa shape index (κ2) is 16.4. The van der Waals surface area contributed by atoms with E-state index in [4.69, 9.17) is 0 Å². The highest BCUT2D eigenvalue weighted by atomic mass is 19.1. The molecule has 2 heterocycles. The van der Waals surface area contributed by atoms with Gasteiger partial charge in [0, 0.05) is 38.4 Å². The van der Waals surface area contributed by atoms with E-state index in [1.54, 1.807) is 0 Å². The number of phenolic OH excluding ortho intramolecular Hbond substituents is 3. The first-order valence-electron chi connectivity index (χ1n) is 17.4. The minimum Gasteiger partial charge on any atom is -0.543 e. The number of nitrogens with one attached hydrogen (secondary N) is 1. The van der Waals surface area contributed by atoms with Crippen LogP contribution in [-0.4, -0.2) is 124 Å². The van der Waals surface area contributed by atoms with E-state index in [1.165, 1.54) is 30.9 Å². The van der Waals surface area contributed by atoms with E-state index in [1.807, 2.05) is 25.9 Å². The van der Waals surface area contributed by atoms with E-state index in [-0.39, 0.29) is 36.7 Å².